The summed E-state index contributed by atoms with van der Waals surface area (Å²) in [7, 11) is -3.78. The van der Waals surface area contributed by atoms with E-state index in [0.717, 1.165) is 10.6 Å². The maximum Gasteiger partial charge on any atom is 0.490 e. The minimum atomic E-state index is -5.08. The quantitative estimate of drug-likeness (QED) is 0.438. The summed E-state index contributed by atoms with van der Waals surface area (Å²) in [6, 6.07) is 4.27. The first-order valence-corrected chi connectivity index (χ1v) is 11.0. The Balaban J connectivity index is 0.000000540. The molecule has 0 spiro atoms. The lowest BCUT2D eigenvalue weighted by Crippen LogP contribution is -2.21. The van der Waals surface area contributed by atoms with Crippen LogP contribution in [0.3, 0.4) is 0 Å². The number of fused-ring (bicyclic) bond motifs is 1. The number of carboxylic acids is 1. The average Bonchev–Trinajstić information content (AvgIpc) is 3.10. The van der Waals surface area contributed by atoms with Gasteiger partial charge in [-0.25, -0.2) is 23.2 Å². The van der Waals surface area contributed by atoms with Gasteiger partial charge in [0.25, 0.3) is 0 Å². The number of anilines is 1. The molecule has 2 aromatic heterocycles. The number of nitrogens with zero attached hydrogens (tertiary/aromatic N) is 3. The Morgan fingerprint density at radius 2 is 1.77 bits per heavy atom. The molecular formula is C19H18F6N4O5S. The van der Waals surface area contributed by atoms with Crippen molar-refractivity contribution in [2.45, 2.75) is 37.2 Å². The summed E-state index contributed by atoms with van der Waals surface area (Å²) in [5.74, 6) is -3.62. The van der Waals surface area contributed by atoms with Crippen molar-refractivity contribution in [3.05, 3.63) is 41.9 Å². The predicted molar refractivity (Wildman–Crippen MR) is 110 cm³/mol. The van der Waals surface area contributed by atoms with Crippen LogP contribution in [0, 0.1) is 6.92 Å². The summed E-state index contributed by atoms with van der Waals surface area (Å²) in [6.45, 7) is 3.04. The highest BCUT2D eigenvalue weighted by atomic mass is 32.2. The molecule has 0 amide bonds. The van der Waals surface area contributed by atoms with Crippen molar-refractivity contribution < 1.29 is 49.8 Å². The van der Waals surface area contributed by atoms with E-state index in [1.807, 2.05) is 0 Å². The molecule has 3 aromatic rings. The zero-order valence-electron chi connectivity index (χ0n) is 17.9. The molecule has 0 aliphatic carbocycles. The lowest BCUT2D eigenvalue weighted by Gasteiger charge is -2.12. The third-order valence-electron chi connectivity index (χ3n) is 4.36. The third-order valence-corrected chi connectivity index (χ3v) is 6.25. The molecule has 16 heteroatoms. The number of nitrogens with two attached hydrogens (primary N) is 1. The zero-order chi connectivity index (χ0) is 26.9. The topological polar surface area (TPSA) is 148 Å². The number of alkyl halides is 6. The molecule has 0 fully saturated rings. The number of hydrogen-bond acceptors (Lipinski definition) is 7. The number of rotatable bonds is 4. The van der Waals surface area contributed by atoms with Crippen LogP contribution in [0.25, 0.3) is 16.9 Å². The van der Waals surface area contributed by atoms with Gasteiger partial charge < -0.3 is 15.9 Å². The number of carboxylic acid groups (broad SMARTS) is 1. The van der Waals surface area contributed by atoms with Crippen LogP contribution in [0.2, 0.25) is 0 Å². The molecule has 0 aliphatic heterocycles. The highest BCUT2D eigenvalue weighted by Crippen LogP contribution is 2.32. The number of nitrogen functional groups attached to an aromatic ring is 1. The van der Waals surface area contributed by atoms with Crippen LogP contribution < -0.4 is 5.73 Å². The predicted octanol–water partition coefficient (Wildman–Crippen LogP) is 3.09. The molecule has 0 saturated heterocycles. The van der Waals surface area contributed by atoms with Crippen LogP contribution in [0.5, 0.6) is 0 Å². The number of carbonyl (C=O) groups is 1. The lowest BCUT2D eigenvalue weighted by atomic mass is 10.1. The summed E-state index contributed by atoms with van der Waals surface area (Å²) >= 11 is 0. The van der Waals surface area contributed by atoms with Crippen molar-refractivity contribution >= 4 is 27.3 Å². The summed E-state index contributed by atoms with van der Waals surface area (Å²) in [6.07, 6.45) is -8.78. The van der Waals surface area contributed by atoms with Gasteiger partial charge in [-0.1, -0.05) is 6.07 Å². The highest BCUT2D eigenvalue weighted by molar-refractivity contribution is 7.91. The number of aryl methyl sites for hydroxylation is 1. The highest BCUT2D eigenvalue weighted by Gasteiger charge is 2.38. The van der Waals surface area contributed by atoms with Gasteiger partial charge in [-0.3, -0.25) is 4.40 Å². The van der Waals surface area contributed by atoms with Crippen LogP contribution in [0.15, 0.2) is 35.5 Å². The molecule has 0 bridgehead atoms. The van der Waals surface area contributed by atoms with Crippen molar-refractivity contribution in [2.24, 2.45) is 0 Å². The molecule has 1 atom stereocenters. The Bertz CT molecular complexity index is 1350. The van der Waals surface area contributed by atoms with E-state index in [1.54, 1.807) is 13.0 Å². The van der Waals surface area contributed by atoms with Gasteiger partial charge in [0.05, 0.1) is 28.6 Å². The number of aromatic nitrogens is 3. The van der Waals surface area contributed by atoms with Crippen LogP contribution >= 0.6 is 0 Å². The Morgan fingerprint density at radius 1 is 1.20 bits per heavy atom. The van der Waals surface area contributed by atoms with Crippen molar-refractivity contribution in [2.75, 3.05) is 11.5 Å². The second-order valence-corrected chi connectivity index (χ2v) is 9.29. The molecule has 1 aromatic carbocycles. The molecule has 9 nitrogen and oxygen atoms in total. The zero-order valence-corrected chi connectivity index (χ0v) is 18.7. The van der Waals surface area contributed by atoms with E-state index in [-0.39, 0.29) is 16.2 Å². The van der Waals surface area contributed by atoms with Gasteiger partial charge in [-0.2, -0.15) is 26.3 Å². The average molecular weight is 528 g/mol. The molecule has 4 N–H and O–H groups in total. The van der Waals surface area contributed by atoms with Gasteiger partial charge >= 0.3 is 18.3 Å². The summed E-state index contributed by atoms with van der Waals surface area (Å²) < 4.78 is 97.0. The number of halogens is 6. The van der Waals surface area contributed by atoms with Crippen molar-refractivity contribution in [1.29, 1.82) is 0 Å². The largest absolute Gasteiger partial charge is 0.490 e. The first-order chi connectivity index (χ1) is 15.8. The number of benzene rings is 1. The Hall–Kier alpha value is -3.40. The molecule has 0 aliphatic rings. The van der Waals surface area contributed by atoms with Crippen LogP contribution in [0.4, 0.5) is 32.2 Å². The Morgan fingerprint density at radius 3 is 2.26 bits per heavy atom. The van der Waals surface area contributed by atoms with E-state index in [0.29, 0.717) is 11.1 Å². The lowest BCUT2D eigenvalue weighted by molar-refractivity contribution is -0.192. The summed E-state index contributed by atoms with van der Waals surface area (Å²) in [4.78, 5) is 16.2. The normalized spacial score (nSPS) is 13.3. The number of hydrogen-bond donors (Lipinski definition) is 3. The van der Waals surface area contributed by atoms with E-state index in [9.17, 15) is 39.9 Å². The fourth-order valence-corrected chi connectivity index (χ4v) is 4.23. The fourth-order valence-electron chi connectivity index (χ4n) is 2.83. The number of aliphatic carboxylic acids is 1. The van der Waals surface area contributed by atoms with E-state index < -0.39 is 51.5 Å². The van der Waals surface area contributed by atoms with Gasteiger partial charge in [0, 0.05) is 11.8 Å². The maximum absolute atomic E-state index is 13.1. The smallest absolute Gasteiger partial charge is 0.475 e. The molecule has 192 valence electrons. The van der Waals surface area contributed by atoms with Crippen molar-refractivity contribution in [3.8, 4) is 11.3 Å². The Kier molecular flexibility index (Phi) is 7.71. The first-order valence-electron chi connectivity index (χ1n) is 9.37. The number of sulfone groups is 1. The number of aliphatic hydroxyl groups excluding tert-OH is 1. The summed E-state index contributed by atoms with van der Waals surface area (Å²) in [5, 5.41) is 16.5. The maximum atomic E-state index is 13.1. The van der Waals surface area contributed by atoms with E-state index >= 15 is 0 Å². The molecule has 0 radical (unpaired) electrons. The van der Waals surface area contributed by atoms with Gasteiger partial charge in [0.1, 0.15) is 0 Å². The minimum absolute atomic E-state index is 0.0274. The molecular weight excluding hydrogens is 510 g/mol. The second-order valence-electron chi connectivity index (χ2n) is 7.26. The Labute approximate surface area is 193 Å². The van der Waals surface area contributed by atoms with E-state index in [1.165, 1.54) is 25.3 Å². The molecule has 2 heterocycles. The second kappa shape index (κ2) is 9.69. The van der Waals surface area contributed by atoms with E-state index in [2.05, 4.69) is 9.97 Å². The van der Waals surface area contributed by atoms with Crippen LogP contribution in [0.1, 0.15) is 18.2 Å². The standard InChI is InChI=1S/C17H17F3N4O3S.C2HF3O2/c1-9-3-4-11(28(26,27)8-10(2)25)5-12(9)13-6-22-16-15(21)23-14(7-24(13)16)17(18,19)20;3-2(4,5)1(6)7/h3-7,10,25H,8H2,1-2H3,(H2,21,23);(H,6,7). The number of aliphatic hydroxyl groups is 1. The summed E-state index contributed by atoms with van der Waals surface area (Å²) in [5.41, 5.74) is 5.70. The fraction of sp³-hybridized carbons (Fsp3) is 0.316. The number of imidazole rings is 1. The van der Waals surface area contributed by atoms with Crippen molar-refractivity contribution in [1.82, 2.24) is 14.4 Å². The molecule has 35 heavy (non-hydrogen) atoms. The monoisotopic (exact) mass is 528 g/mol. The molecule has 1 unspecified atom stereocenters. The first kappa shape index (κ1) is 27.8. The third kappa shape index (κ3) is 6.60. The molecule has 0 saturated carbocycles. The SMILES string of the molecule is Cc1ccc(S(=O)(=O)CC(C)O)cc1-c1cnc2c(N)nc(C(F)(F)F)cn12.O=C(O)C(F)(F)F. The molecule has 3 rings (SSSR count). The van der Waals surface area contributed by atoms with Gasteiger partial charge in [0.2, 0.25) is 0 Å². The van der Waals surface area contributed by atoms with Gasteiger partial charge in [0.15, 0.2) is 27.0 Å². The van der Waals surface area contributed by atoms with Crippen LogP contribution in [-0.4, -0.2) is 57.0 Å². The van der Waals surface area contributed by atoms with E-state index in [4.69, 9.17) is 15.6 Å². The minimum Gasteiger partial charge on any atom is -0.475 e. The van der Waals surface area contributed by atoms with Gasteiger partial charge in [-0.05, 0) is 31.5 Å². The van der Waals surface area contributed by atoms with Gasteiger partial charge in [-0.15, -0.1) is 0 Å². The van der Waals surface area contributed by atoms with Crippen LogP contribution in [-0.2, 0) is 20.8 Å². The van der Waals surface area contributed by atoms with Crippen molar-refractivity contribution in [3.63, 3.8) is 0 Å².